The van der Waals surface area contributed by atoms with Gasteiger partial charge in [-0.05, 0) is 32.2 Å². The first kappa shape index (κ1) is 13.5. The van der Waals surface area contributed by atoms with Crippen LogP contribution in [0.4, 0.5) is 0 Å². The van der Waals surface area contributed by atoms with Crippen LogP contribution in [0.2, 0.25) is 0 Å². The first-order valence-electron chi connectivity index (χ1n) is 6.78. The summed E-state index contributed by atoms with van der Waals surface area (Å²) in [6, 6.07) is 0.523. The minimum Gasteiger partial charge on any atom is -0.370 e. The molecule has 1 aliphatic carbocycles. The zero-order valence-corrected chi connectivity index (χ0v) is 11.5. The van der Waals surface area contributed by atoms with E-state index in [9.17, 15) is 0 Å². The maximum atomic E-state index is 5.53. The Morgan fingerprint density at radius 3 is 2.78 bits per heavy atom. The highest BCUT2D eigenvalue weighted by Crippen LogP contribution is 2.42. The van der Waals surface area contributed by atoms with Gasteiger partial charge in [-0.25, -0.2) is 0 Å². The molecule has 1 saturated carbocycles. The summed E-state index contributed by atoms with van der Waals surface area (Å²) in [4.78, 5) is 4.46. The van der Waals surface area contributed by atoms with E-state index in [0.717, 1.165) is 43.9 Å². The minimum absolute atomic E-state index is 0.266. The molecule has 102 valence electrons. The smallest absolute Gasteiger partial charge is 0.226 e. The second-order valence-corrected chi connectivity index (χ2v) is 5.28. The number of aryl methyl sites for hydroxylation is 1. The number of methoxy groups -OCH3 is 1. The summed E-state index contributed by atoms with van der Waals surface area (Å²) in [5, 5.41) is 7.44. The van der Waals surface area contributed by atoms with E-state index in [1.807, 2.05) is 0 Å². The fourth-order valence-corrected chi connectivity index (χ4v) is 2.19. The number of hydrogen-bond donors (Lipinski definition) is 1. The summed E-state index contributed by atoms with van der Waals surface area (Å²) >= 11 is 0. The summed E-state index contributed by atoms with van der Waals surface area (Å²) in [5.74, 6) is 1.45. The summed E-state index contributed by atoms with van der Waals surface area (Å²) in [6.45, 7) is 5.26. The van der Waals surface area contributed by atoms with Crippen molar-refractivity contribution < 1.29 is 9.26 Å². The highest BCUT2D eigenvalue weighted by molar-refractivity contribution is 5.06. The lowest BCUT2D eigenvalue weighted by Gasteiger charge is -2.37. The monoisotopic (exact) mass is 253 g/mol. The lowest BCUT2D eigenvalue weighted by molar-refractivity contribution is -0.0858. The van der Waals surface area contributed by atoms with Gasteiger partial charge in [0, 0.05) is 19.6 Å². The third kappa shape index (κ3) is 2.90. The minimum atomic E-state index is -0.266. The van der Waals surface area contributed by atoms with Crippen LogP contribution in [-0.2, 0) is 16.8 Å². The van der Waals surface area contributed by atoms with E-state index in [4.69, 9.17) is 9.26 Å². The molecule has 5 nitrogen and oxygen atoms in total. The molecule has 1 aromatic heterocycles. The van der Waals surface area contributed by atoms with Crippen LogP contribution < -0.4 is 5.32 Å². The van der Waals surface area contributed by atoms with Crippen LogP contribution in [0.1, 0.15) is 51.2 Å². The third-order valence-electron chi connectivity index (χ3n) is 3.55. The molecule has 0 bridgehead atoms. The number of ether oxygens (including phenoxy) is 1. The van der Waals surface area contributed by atoms with Crippen LogP contribution in [0.15, 0.2) is 4.52 Å². The molecule has 1 aliphatic rings. The van der Waals surface area contributed by atoms with E-state index in [2.05, 4.69) is 29.3 Å². The molecule has 0 atom stereocenters. The van der Waals surface area contributed by atoms with Gasteiger partial charge in [-0.3, -0.25) is 0 Å². The normalized spacial score (nSPS) is 18.0. The van der Waals surface area contributed by atoms with Crippen molar-refractivity contribution in [2.75, 3.05) is 13.7 Å². The van der Waals surface area contributed by atoms with Crippen LogP contribution in [0.3, 0.4) is 0 Å². The van der Waals surface area contributed by atoms with Crippen molar-refractivity contribution in [3.63, 3.8) is 0 Å². The van der Waals surface area contributed by atoms with Crippen LogP contribution >= 0.6 is 0 Å². The Hall–Kier alpha value is -0.940. The van der Waals surface area contributed by atoms with E-state index in [0.29, 0.717) is 6.04 Å². The van der Waals surface area contributed by atoms with Crippen LogP contribution in [0, 0.1) is 0 Å². The van der Waals surface area contributed by atoms with Gasteiger partial charge < -0.3 is 14.6 Å². The molecule has 0 saturated heterocycles. The SMILES string of the molecule is COC1(c2noc(CCCNC(C)C)n2)CCC1. The van der Waals surface area contributed by atoms with Crippen molar-refractivity contribution in [3.8, 4) is 0 Å². The van der Waals surface area contributed by atoms with Gasteiger partial charge in [0.25, 0.3) is 0 Å². The van der Waals surface area contributed by atoms with Gasteiger partial charge >= 0.3 is 0 Å². The Bertz CT molecular complexity index is 367. The van der Waals surface area contributed by atoms with Crippen molar-refractivity contribution in [1.29, 1.82) is 0 Å². The van der Waals surface area contributed by atoms with Gasteiger partial charge in [-0.15, -0.1) is 0 Å². The average molecular weight is 253 g/mol. The Morgan fingerprint density at radius 1 is 1.44 bits per heavy atom. The second-order valence-electron chi connectivity index (χ2n) is 5.28. The van der Waals surface area contributed by atoms with E-state index in [-0.39, 0.29) is 5.60 Å². The maximum Gasteiger partial charge on any atom is 0.226 e. The lowest BCUT2D eigenvalue weighted by Crippen LogP contribution is -2.37. The van der Waals surface area contributed by atoms with E-state index >= 15 is 0 Å². The second kappa shape index (κ2) is 5.80. The summed E-state index contributed by atoms with van der Waals surface area (Å²) in [6.07, 6.45) is 5.01. The Morgan fingerprint density at radius 2 is 2.22 bits per heavy atom. The summed E-state index contributed by atoms with van der Waals surface area (Å²) in [5.41, 5.74) is -0.266. The van der Waals surface area contributed by atoms with Crippen molar-refractivity contribution in [3.05, 3.63) is 11.7 Å². The molecule has 0 aromatic carbocycles. The number of nitrogens with zero attached hydrogens (tertiary/aromatic N) is 2. The fraction of sp³-hybridized carbons (Fsp3) is 0.846. The Kier molecular flexibility index (Phi) is 4.35. The molecule has 0 aliphatic heterocycles. The van der Waals surface area contributed by atoms with E-state index in [1.54, 1.807) is 7.11 Å². The van der Waals surface area contributed by atoms with Crippen LogP contribution in [0.25, 0.3) is 0 Å². The molecule has 1 N–H and O–H groups in total. The highest BCUT2D eigenvalue weighted by atomic mass is 16.5. The largest absolute Gasteiger partial charge is 0.370 e. The standard InChI is InChI=1S/C13H23N3O2/c1-10(2)14-9-4-6-11-15-12(16-18-11)13(17-3)7-5-8-13/h10,14H,4-9H2,1-3H3. The van der Waals surface area contributed by atoms with Crippen molar-refractivity contribution in [2.24, 2.45) is 0 Å². The maximum absolute atomic E-state index is 5.53. The van der Waals surface area contributed by atoms with E-state index < -0.39 is 0 Å². The Labute approximate surface area is 108 Å². The molecule has 5 heteroatoms. The molecule has 0 amide bonds. The van der Waals surface area contributed by atoms with E-state index in [1.165, 1.54) is 6.42 Å². The summed E-state index contributed by atoms with van der Waals surface area (Å²) < 4.78 is 10.8. The molecule has 18 heavy (non-hydrogen) atoms. The van der Waals surface area contributed by atoms with Gasteiger partial charge in [-0.1, -0.05) is 19.0 Å². The lowest BCUT2D eigenvalue weighted by atomic mass is 9.79. The predicted octanol–water partition coefficient (Wildman–Crippen LogP) is 2.03. The highest BCUT2D eigenvalue weighted by Gasteiger charge is 2.43. The number of nitrogens with one attached hydrogen (secondary N) is 1. The van der Waals surface area contributed by atoms with Crippen LogP contribution in [0.5, 0.6) is 0 Å². The molecule has 2 rings (SSSR count). The molecule has 1 fully saturated rings. The predicted molar refractivity (Wildman–Crippen MR) is 68.3 cm³/mol. The molecule has 0 unspecified atom stereocenters. The zero-order chi connectivity index (χ0) is 13.0. The molecule has 0 radical (unpaired) electrons. The number of hydrogen-bond acceptors (Lipinski definition) is 5. The van der Waals surface area contributed by atoms with Crippen molar-refractivity contribution >= 4 is 0 Å². The van der Waals surface area contributed by atoms with Gasteiger partial charge in [-0.2, -0.15) is 4.98 Å². The topological polar surface area (TPSA) is 60.2 Å². The van der Waals surface area contributed by atoms with Crippen LogP contribution in [-0.4, -0.2) is 29.8 Å². The quantitative estimate of drug-likeness (QED) is 0.753. The first-order valence-corrected chi connectivity index (χ1v) is 6.78. The van der Waals surface area contributed by atoms with Gasteiger partial charge in [0.1, 0.15) is 5.60 Å². The number of aromatic nitrogens is 2. The zero-order valence-electron chi connectivity index (χ0n) is 11.5. The molecular formula is C13H23N3O2. The summed E-state index contributed by atoms with van der Waals surface area (Å²) in [7, 11) is 1.72. The average Bonchev–Trinajstić information content (AvgIpc) is 2.73. The first-order chi connectivity index (χ1) is 8.66. The molecule has 1 aromatic rings. The van der Waals surface area contributed by atoms with Gasteiger partial charge in [0.05, 0.1) is 0 Å². The Balaban J connectivity index is 1.83. The third-order valence-corrected chi connectivity index (χ3v) is 3.55. The molecular weight excluding hydrogens is 230 g/mol. The van der Waals surface area contributed by atoms with Gasteiger partial charge in [0.15, 0.2) is 0 Å². The fourth-order valence-electron chi connectivity index (χ4n) is 2.19. The molecule has 1 heterocycles. The molecule has 0 spiro atoms. The van der Waals surface area contributed by atoms with Crippen molar-refractivity contribution in [1.82, 2.24) is 15.5 Å². The number of rotatable bonds is 7. The van der Waals surface area contributed by atoms with Gasteiger partial charge in [0.2, 0.25) is 11.7 Å². The van der Waals surface area contributed by atoms with Crippen molar-refractivity contribution in [2.45, 2.75) is 57.6 Å².